The number of aromatic nitrogens is 4. The SMILES string of the molecule is CCNC(=O)[C@H]1O[C@@H](n2cnc3c(N)nc(I)nc32)[C@@H](O)C1O. The molecule has 0 saturated carbocycles. The topological polar surface area (TPSA) is 148 Å². The molecule has 5 N–H and O–H groups in total. The number of nitrogen functional groups attached to an aromatic ring is 1. The third-order valence-electron chi connectivity index (χ3n) is 3.54. The molecule has 1 saturated heterocycles. The lowest BCUT2D eigenvalue weighted by molar-refractivity contribution is -0.137. The molecule has 2 aromatic heterocycles. The summed E-state index contributed by atoms with van der Waals surface area (Å²) in [5.74, 6) is -0.291. The summed E-state index contributed by atoms with van der Waals surface area (Å²) in [6.07, 6.45) is -3.47. The highest BCUT2D eigenvalue weighted by Crippen LogP contribution is 2.32. The number of hydrogen-bond donors (Lipinski definition) is 4. The number of hydrogen-bond acceptors (Lipinski definition) is 8. The maximum absolute atomic E-state index is 11.9. The molecule has 124 valence electrons. The Balaban J connectivity index is 1.98. The van der Waals surface area contributed by atoms with Gasteiger partial charge < -0.3 is 26.0 Å². The third kappa shape index (κ3) is 2.73. The lowest BCUT2D eigenvalue weighted by Crippen LogP contribution is -2.42. The summed E-state index contributed by atoms with van der Waals surface area (Å²) in [6, 6.07) is 0. The second-order valence-corrected chi connectivity index (χ2v) is 5.99. The monoisotopic (exact) mass is 434 g/mol. The molecule has 1 fully saturated rings. The van der Waals surface area contributed by atoms with Gasteiger partial charge in [0, 0.05) is 29.1 Å². The quantitative estimate of drug-likeness (QED) is 0.347. The predicted octanol–water partition coefficient (Wildman–Crippen LogP) is -1.23. The van der Waals surface area contributed by atoms with Gasteiger partial charge in [0.05, 0.1) is 6.33 Å². The largest absolute Gasteiger partial charge is 0.387 e. The van der Waals surface area contributed by atoms with Crippen molar-refractivity contribution in [1.82, 2.24) is 24.8 Å². The molecule has 0 radical (unpaired) electrons. The van der Waals surface area contributed by atoms with Gasteiger partial charge in [-0.05, 0) is 6.92 Å². The number of rotatable bonds is 3. The Morgan fingerprint density at radius 1 is 1.48 bits per heavy atom. The van der Waals surface area contributed by atoms with E-state index >= 15 is 0 Å². The van der Waals surface area contributed by atoms with Gasteiger partial charge in [-0.25, -0.2) is 15.0 Å². The number of ether oxygens (including phenoxy) is 1. The van der Waals surface area contributed by atoms with E-state index in [-0.39, 0.29) is 5.82 Å². The second-order valence-electron chi connectivity index (χ2n) is 5.02. The summed E-state index contributed by atoms with van der Waals surface area (Å²) >= 11 is 1.91. The smallest absolute Gasteiger partial charge is 0.252 e. The minimum Gasteiger partial charge on any atom is -0.387 e. The first-order valence-corrected chi connectivity index (χ1v) is 7.96. The zero-order valence-corrected chi connectivity index (χ0v) is 14.2. The van der Waals surface area contributed by atoms with Crippen LogP contribution in [0.5, 0.6) is 0 Å². The van der Waals surface area contributed by atoms with Crippen LogP contribution in [-0.2, 0) is 9.53 Å². The summed E-state index contributed by atoms with van der Waals surface area (Å²) < 4.78 is 7.38. The van der Waals surface area contributed by atoms with E-state index in [4.69, 9.17) is 10.5 Å². The van der Waals surface area contributed by atoms with Crippen molar-refractivity contribution in [2.75, 3.05) is 12.3 Å². The van der Waals surface area contributed by atoms with Crippen LogP contribution in [0.15, 0.2) is 6.33 Å². The fourth-order valence-electron chi connectivity index (χ4n) is 2.48. The number of nitrogens with two attached hydrogens (primary N) is 1. The van der Waals surface area contributed by atoms with Gasteiger partial charge in [0.25, 0.3) is 5.91 Å². The molecule has 23 heavy (non-hydrogen) atoms. The van der Waals surface area contributed by atoms with Gasteiger partial charge >= 0.3 is 0 Å². The Labute approximate surface area is 144 Å². The maximum Gasteiger partial charge on any atom is 0.252 e. The van der Waals surface area contributed by atoms with Crippen LogP contribution in [0, 0.1) is 3.83 Å². The van der Waals surface area contributed by atoms with Gasteiger partial charge in [-0.1, -0.05) is 0 Å². The molecule has 3 heterocycles. The van der Waals surface area contributed by atoms with E-state index in [1.807, 2.05) is 22.6 Å². The van der Waals surface area contributed by atoms with Crippen molar-refractivity contribution in [3.05, 3.63) is 10.2 Å². The molecule has 1 aliphatic heterocycles. The Hall–Kier alpha value is -1.57. The van der Waals surface area contributed by atoms with Crippen LogP contribution in [0.4, 0.5) is 5.82 Å². The van der Waals surface area contributed by atoms with Crippen LogP contribution >= 0.6 is 22.6 Å². The molecule has 0 aliphatic carbocycles. The number of anilines is 1. The zero-order valence-electron chi connectivity index (χ0n) is 12.0. The number of nitrogens with zero attached hydrogens (tertiary/aromatic N) is 4. The number of aliphatic hydroxyl groups is 2. The number of nitrogens with one attached hydrogen (secondary N) is 1. The van der Waals surface area contributed by atoms with Gasteiger partial charge in [0.2, 0.25) is 0 Å². The maximum atomic E-state index is 11.9. The van der Waals surface area contributed by atoms with Crippen LogP contribution < -0.4 is 11.1 Å². The zero-order chi connectivity index (χ0) is 16.7. The van der Waals surface area contributed by atoms with E-state index in [1.54, 1.807) is 6.92 Å². The van der Waals surface area contributed by atoms with Crippen molar-refractivity contribution in [1.29, 1.82) is 0 Å². The Bertz CT molecular complexity index is 752. The summed E-state index contributed by atoms with van der Waals surface area (Å²) in [5, 5.41) is 22.9. The van der Waals surface area contributed by atoms with Crippen LogP contribution in [0.3, 0.4) is 0 Å². The van der Waals surface area contributed by atoms with E-state index in [0.29, 0.717) is 21.5 Å². The molecule has 1 aliphatic rings. The molecule has 0 bridgehead atoms. The van der Waals surface area contributed by atoms with Gasteiger partial charge in [-0.2, -0.15) is 0 Å². The molecule has 1 amide bonds. The fraction of sp³-hybridized carbons (Fsp3) is 0.500. The normalized spacial score (nSPS) is 27.5. The Morgan fingerprint density at radius 2 is 2.22 bits per heavy atom. The van der Waals surface area contributed by atoms with E-state index in [2.05, 4.69) is 20.3 Å². The first kappa shape index (κ1) is 16.3. The van der Waals surface area contributed by atoms with E-state index in [9.17, 15) is 15.0 Å². The molecule has 10 nitrogen and oxygen atoms in total. The highest BCUT2D eigenvalue weighted by Gasteiger charge is 2.47. The second kappa shape index (κ2) is 6.14. The van der Waals surface area contributed by atoms with Crippen molar-refractivity contribution in [3.8, 4) is 0 Å². The molecule has 11 heteroatoms. The molecule has 3 rings (SSSR count). The minimum atomic E-state index is -1.36. The third-order valence-corrected chi connectivity index (χ3v) is 4.03. The Kier molecular flexibility index (Phi) is 4.35. The molecular formula is C12H15IN6O4. The van der Waals surface area contributed by atoms with Gasteiger partial charge in [0.1, 0.15) is 17.7 Å². The van der Waals surface area contributed by atoms with Crippen molar-refractivity contribution < 1.29 is 19.7 Å². The lowest BCUT2D eigenvalue weighted by atomic mass is 10.1. The number of halogens is 1. The van der Waals surface area contributed by atoms with E-state index < -0.39 is 30.4 Å². The van der Waals surface area contributed by atoms with Crippen molar-refractivity contribution >= 4 is 45.5 Å². The van der Waals surface area contributed by atoms with E-state index in [1.165, 1.54) is 10.9 Å². The van der Waals surface area contributed by atoms with Gasteiger partial charge in [-0.15, -0.1) is 0 Å². The summed E-state index contributed by atoms with van der Waals surface area (Å²) in [4.78, 5) is 24.2. The molecule has 2 aromatic rings. The van der Waals surface area contributed by atoms with Crippen molar-refractivity contribution in [2.24, 2.45) is 0 Å². The van der Waals surface area contributed by atoms with Gasteiger partial charge in [0.15, 0.2) is 27.6 Å². The highest BCUT2D eigenvalue weighted by molar-refractivity contribution is 14.1. The van der Waals surface area contributed by atoms with Crippen LogP contribution in [0.25, 0.3) is 11.2 Å². The van der Waals surface area contributed by atoms with Crippen molar-refractivity contribution in [2.45, 2.75) is 31.5 Å². The number of carbonyl (C=O) groups excluding carboxylic acids is 1. The number of likely N-dealkylation sites (N-methyl/N-ethyl adjacent to an activating group) is 1. The summed E-state index contributed by atoms with van der Waals surface area (Å²) in [7, 11) is 0. The number of amides is 1. The number of aliphatic hydroxyl groups excluding tert-OH is 2. The predicted molar refractivity (Wildman–Crippen MR) is 87.1 cm³/mol. The lowest BCUT2D eigenvalue weighted by Gasteiger charge is -2.16. The first-order chi connectivity index (χ1) is 10.9. The van der Waals surface area contributed by atoms with Crippen LogP contribution in [0.2, 0.25) is 0 Å². The van der Waals surface area contributed by atoms with Gasteiger partial charge in [-0.3, -0.25) is 9.36 Å². The number of fused-ring (bicyclic) bond motifs is 1. The molecular weight excluding hydrogens is 419 g/mol. The number of imidazole rings is 1. The van der Waals surface area contributed by atoms with E-state index in [0.717, 1.165) is 0 Å². The van der Waals surface area contributed by atoms with Crippen LogP contribution in [0.1, 0.15) is 13.2 Å². The molecule has 4 atom stereocenters. The summed E-state index contributed by atoms with van der Waals surface area (Å²) in [5.41, 5.74) is 6.51. The fourth-order valence-corrected chi connectivity index (χ4v) is 2.97. The highest BCUT2D eigenvalue weighted by atomic mass is 127. The molecule has 0 spiro atoms. The minimum absolute atomic E-state index is 0.200. The summed E-state index contributed by atoms with van der Waals surface area (Å²) in [6.45, 7) is 2.14. The average Bonchev–Trinajstić information content (AvgIpc) is 3.02. The van der Waals surface area contributed by atoms with Crippen LogP contribution in [-0.4, -0.2) is 60.5 Å². The standard InChI is InChI=1S/C12H15IN6O4/c1-2-15-10(22)7-5(20)6(21)11(23-7)19-3-16-4-8(14)17-12(13)18-9(4)19/h3,5-7,11,20-21H,2H2,1H3,(H,15,22)(H2,14,17,18)/t5?,6-,7-,11+/m0/s1. The average molecular weight is 434 g/mol. The van der Waals surface area contributed by atoms with Crippen molar-refractivity contribution in [3.63, 3.8) is 0 Å². The first-order valence-electron chi connectivity index (χ1n) is 6.89. The number of carbonyl (C=O) groups is 1. The Morgan fingerprint density at radius 3 is 2.91 bits per heavy atom. The molecule has 1 unspecified atom stereocenters. The molecule has 0 aromatic carbocycles.